The van der Waals surface area contributed by atoms with Crippen LogP contribution in [0.5, 0.6) is 0 Å². The summed E-state index contributed by atoms with van der Waals surface area (Å²) in [5, 5.41) is 7.09. The Morgan fingerprint density at radius 2 is 2.08 bits per heavy atom. The fourth-order valence-electron chi connectivity index (χ4n) is 2.73. The van der Waals surface area contributed by atoms with Crippen LogP contribution in [-0.4, -0.2) is 30.2 Å². The highest BCUT2D eigenvalue weighted by Crippen LogP contribution is 2.44. The molecule has 2 atom stereocenters. The molecule has 2 N–H and O–H groups in total. The fraction of sp³-hybridized carbons (Fsp3) is 0.353. The van der Waals surface area contributed by atoms with Gasteiger partial charge in [-0.1, -0.05) is 17.7 Å². The van der Waals surface area contributed by atoms with Crippen LogP contribution in [0.15, 0.2) is 47.7 Å². The predicted octanol–water partition coefficient (Wildman–Crippen LogP) is 3.62. The molecular formula is C17H21ClFIN4. The maximum atomic E-state index is 13.9. The van der Waals surface area contributed by atoms with E-state index in [1.54, 1.807) is 19.2 Å². The van der Waals surface area contributed by atoms with E-state index >= 15 is 0 Å². The van der Waals surface area contributed by atoms with Crippen LogP contribution in [0, 0.1) is 5.82 Å². The van der Waals surface area contributed by atoms with E-state index in [-0.39, 0.29) is 41.8 Å². The van der Waals surface area contributed by atoms with Gasteiger partial charge in [0.2, 0.25) is 0 Å². The van der Waals surface area contributed by atoms with Crippen molar-refractivity contribution < 1.29 is 4.39 Å². The first-order chi connectivity index (χ1) is 11.2. The van der Waals surface area contributed by atoms with Crippen LogP contribution in [-0.2, 0) is 6.54 Å². The number of hydrogen-bond donors (Lipinski definition) is 2. The van der Waals surface area contributed by atoms with Gasteiger partial charge in [-0.05, 0) is 30.7 Å². The summed E-state index contributed by atoms with van der Waals surface area (Å²) in [6.45, 7) is 1.63. The van der Waals surface area contributed by atoms with Gasteiger partial charge in [0.1, 0.15) is 5.82 Å². The Hall–Kier alpha value is -1.28. The molecule has 0 saturated heterocycles. The summed E-state index contributed by atoms with van der Waals surface area (Å²) < 4.78 is 16.0. The highest BCUT2D eigenvalue weighted by molar-refractivity contribution is 14.0. The molecule has 2 aromatic rings. The molecule has 0 radical (unpaired) electrons. The van der Waals surface area contributed by atoms with E-state index < -0.39 is 0 Å². The summed E-state index contributed by atoms with van der Waals surface area (Å²) in [6.07, 6.45) is 4.91. The quantitative estimate of drug-likeness (QED) is 0.405. The average Bonchev–Trinajstić information content (AvgIpc) is 3.07. The van der Waals surface area contributed by atoms with E-state index in [2.05, 4.69) is 20.2 Å². The van der Waals surface area contributed by atoms with Crippen molar-refractivity contribution in [1.82, 2.24) is 15.2 Å². The number of nitrogens with zero attached hydrogens (tertiary/aromatic N) is 2. The molecule has 3 rings (SSSR count). The van der Waals surface area contributed by atoms with Gasteiger partial charge >= 0.3 is 0 Å². The normalized spacial score (nSPS) is 19.5. The van der Waals surface area contributed by atoms with Crippen LogP contribution in [0.3, 0.4) is 0 Å². The van der Waals surface area contributed by atoms with E-state index in [0.29, 0.717) is 10.6 Å². The second-order valence-electron chi connectivity index (χ2n) is 5.65. The monoisotopic (exact) mass is 462 g/mol. The highest BCUT2D eigenvalue weighted by atomic mass is 127. The summed E-state index contributed by atoms with van der Waals surface area (Å²) in [6, 6.07) is 9.00. The van der Waals surface area contributed by atoms with E-state index in [9.17, 15) is 4.39 Å². The van der Waals surface area contributed by atoms with Crippen LogP contribution in [0.1, 0.15) is 17.9 Å². The standard InChI is InChI=1S/C17H20ClFN4.HI/c1-20-17(21-7-10-23-8-2-3-9-23)22-15-11-12(15)16-13(18)5-4-6-14(16)19;/h2-6,8-9,12,15H,7,10-11H2,1H3,(H2,20,21,22);1H. The Labute approximate surface area is 163 Å². The van der Waals surface area contributed by atoms with E-state index in [4.69, 9.17) is 11.6 Å². The van der Waals surface area contributed by atoms with Crippen LogP contribution >= 0.6 is 35.6 Å². The lowest BCUT2D eigenvalue weighted by atomic mass is 10.1. The Morgan fingerprint density at radius 3 is 2.75 bits per heavy atom. The number of aliphatic imine (C=N–C) groups is 1. The number of nitrogens with one attached hydrogen (secondary N) is 2. The third kappa shape index (κ3) is 4.63. The van der Waals surface area contributed by atoms with Gasteiger partial charge in [0.05, 0.1) is 0 Å². The summed E-state index contributed by atoms with van der Waals surface area (Å²) >= 11 is 6.12. The van der Waals surface area contributed by atoms with E-state index in [0.717, 1.165) is 25.5 Å². The third-order valence-electron chi connectivity index (χ3n) is 4.04. The largest absolute Gasteiger partial charge is 0.355 e. The zero-order chi connectivity index (χ0) is 16.2. The zero-order valence-corrected chi connectivity index (χ0v) is 16.5. The molecule has 1 aromatic carbocycles. The molecule has 0 amide bonds. The van der Waals surface area contributed by atoms with Crippen LogP contribution in [0.25, 0.3) is 0 Å². The summed E-state index contributed by atoms with van der Waals surface area (Å²) in [7, 11) is 1.73. The molecule has 0 spiro atoms. The highest BCUT2D eigenvalue weighted by Gasteiger charge is 2.41. The summed E-state index contributed by atoms with van der Waals surface area (Å²) in [5.74, 6) is 0.603. The topological polar surface area (TPSA) is 41.4 Å². The van der Waals surface area contributed by atoms with Gasteiger partial charge in [-0.2, -0.15) is 0 Å². The maximum absolute atomic E-state index is 13.9. The molecule has 0 aliphatic heterocycles. The van der Waals surface area contributed by atoms with Crippen molar-refractivity contribution in [1.29, 1.82) is 0 Å². The predicted molar refractivity (Wildman–Crippen MR) is 107 cm³/mol. The molecule has 4 nitrogen and oxygen atoms in total. The number of benzene rings is 1. The van der Waals surface area contributed by atoms with Crippen molar-refractivity contribution in [3.63, 3.8) is 0 Å². The molecule has 0 bridgehead atoms. The van der Waals surface area contributed by atoms with Crippen molar-refractivity contribution in [3.8, 4) is 0 Å². The van der Waals surface area contributed by atoms with E-state index in [1.807, 2.05) is 24.5 Å². The van der Waals surface area contributed by atoms with Gasteiger partial charge in [0.15, 0.2) is 5.96 Å². The van der Waals surface area contributed by atoms with Gasteiger partial charge in [0, 0.05) is 55.1 Å². The molecule has 1 fully saturated rings. The van der Waals surface area contributed by atoms with Crippen molar-refractivity contribution in [2.24, 2.45) is 4.99 Å². The summed E-state index contributed by atoms with van der Waals surface area (Å²) in [5.41, 5.74) is 0.606. The van der Waals surface area contributed by atoms with Crippen molar-refractivity contribution in [2.75, 3.05) is 13.6 Å². The summed E-state index contributed by atoms with van der Waals surface area (Å²) in [4.78, 5) is 4.22. The van der Waals surface area contributed by atoms with Gasteiger partial charge in [0.25, 0.3) is 0 Å². The van der Waals surface area contributed by atoms with Gasteiger partial charge < -0.3 is 15.2 Å². The Balaban J connectivity index is 0.00000208. The van der Waals surface area contributed by atoms with Crippen LogP contribution in [0.2, 0.25) is 5.02 Å². The third-order valence-corrected chi connectivity index (χ3v) is 4.36. The molecule has 1 aromatic heterocycles. The molecule has 1 aliphatic carbocycles. The minimum Gasteiger partial charge on any atom is -0.355 e. The lowest BCUT2D eigenvalue weighted by Gasteiger charge is -2.13. The first-order valence-corrected chi connectivity index (χ1v) is 8.08. The Morgan fingerprint density at radius 1 is 1.33 bits per heavy atom. The molecule has 1 aliphatic rings. The minimum atomic E-state index is -0.234. The second-order valence-corrected chi connectivity index (χ2v) is 6.06. The molecule has 1 heterocycles. The number of guanidine groups is 1. The number of halogens is 3. The molecular weight excluding hydrogens is 442 g/mol. The van der Waals surface area contributed by atoms with Gasteiger partial charge in [-0.15, -0.1) is 24.0 Å². The smallest absolute Gasteiger partial charge is 0.191 e. The molecule has 7 heteroatoms. The SMILES string of the molecule is CN=C(NCCn1cccc1)NC1CC1c1c(F)cccc1Cl.I. The first kappa shape index (κ1) is 19.1. The number of aromatic nitrogens is 1. The molecule has 130 valence electrons. The van der Waals surface area contributed by atoms with Crippen molar-refractivity contribution in [2.45, 2.75) is 24.9 Å². The average molecular weight is 463 g/mol. The lowest BCUT2D eigenvalue weighted by molar-refractivity contribution is 0.607. The Kier molecular flexibility index (Phi) is 6.91. The number of hydrogen-bond acceptors (Lipinski definition) is 1. The lowest BCUT2D eigenvalue weighted by Crippen LogP contribution is -2.40. The maximum Gasteiger partial charge on any atom is 0.191 e. The first-order valence-electron chi connectivity index (χ1n) is 7.71. The van der Waals surface area contributed by atoms with E-state index in [1.165, 1.54) is 6.07 Å². The van der Waals surface area contributed by atoms with Gasteiger partial charge in [-0.25, -0.2) is 4.39 Å². The molecule has 24 heavy (non-hydrogen) atoms. The van der Waals surface area contributed by atoms with Crippen molar-refractivity contribution in [3.05, 3.63) is 59.1 Å². The molecule has 1 saturated carbocycles. The number of rotatable bonds is 5. The van der Waals surface area contributed by atoms with Crippen LogP contribution in [0.4, 0.5) is 4.39 Å². The van der Waals surface area contributed by atoms with Gasteiger partial charge in [-0.3, -0.25) is 4.99 Å². The second kappa shape index (κ2) is 8.71. The van der Waals surface area contributed by atoms with Crippen molar-refractivity contribution >= 4 is 41.5 Å². The molecule has 2 unspecified atom stereocenters. The minimum absolute atomic E-state index is 0. The van der Waals surface area contributed by atoms with Crippen LogP contribution < -0.4 is 10.6 Å². The Bertz CT molecular complexity index is 670. The fourth-order valence-corrected chi connectivity index (χ4v) is 3.03. The zero-order valence-electron chi connectivity index (χ0n) is 13.4.